The first-order valence-corrected chi connectivity index (χ1v) is 9.37. The zero-order valence-corrected chi connectivity index (χ0v) is 16.4. The molecule has 1 amide bonds. The van der Waals surface area contributed by atoms with Crippen LogP contribution in [0.15, 0.2) is 53.1 Å². The zero-order chi connectivity index (χ0) is 20.1. The number of aryl methyl sites for hydroxylation is 1. The Morgan fingerprint density at radius 1 is 1.18 bits per heavy atom. The molecule has 146 valence electrons. The van der Waals surface area contributed by atoms with E-state index in [0.29, 0.717) is 36.8 Å². The lowest BCUT2D eigenvalue weighted by Crippen LogP contribution is -2.36. The highest BCUT2D eigenvalue weighted by molar-refractivity contribution is 5.94. The first kappa shape index (κ1) is 19.7. The van der Waals surface area contributed by atoms with Crippen molar-refractivity contribution < 1.29 is 13.7 Å². The number of halogens is 1. The molecule has 0 N–H and O–H groups in total. The molecule has 0 aliphatic rings. The highest BCUT2D eigenvalue weighted by atomic mass is 19.1. The molecule has 28 heavy (non-hydrogen) atoms. The molecule has 0 aliphatic heterocycles. The highest BCUT2D eigenvalue weighted by Gasteiger charge is 2.19. The Kier molecular flexibility index (Phi) is 6.19. The Morgan fingerprint density at radius 2 is 1.96 bits per heavy atom. The van der Waals surface area contributed by atoms with Crippen LogP contribution in [0.3, 0.4) is 0 Å². The summed E-state index contributed by atoms with van der Waals surface area (Å²) < 4.78 is 18.9. The Balaban J connectivity index is 1.71. The van der Waals surface area contributed by atoms with Crippen molar-refractivity contribution in [3.05, 3.63) is 71.4 Å². The summed E-state index contributed by atoms with van der Waals surface area (Å²) >= 11 is 0. The van der Waals surface area contributed by atoms with Gasteiger partial charge in [0.05, 0.1) is 0 Å². The van der Waals surface area contributed by atoms with Gasteiger partial charge in [0, 0.05) is 30.6 Å². The molecule has 2 aromatic carbocycles. The van der Waals surface area contributed by atoms with Crippen LogP contribution in [0.25, 0.3) is 11.4 Å². The summed E-state index contributed by atoms with van der Waals surface area (Å²) in [5, 5.41) is 4.04. The second-order valence-corrected chi connectivity index (χ2v) is 7.29. The van der Waals surface area contributed by atoms with Gasteiger partial charge in [-0.1, -0.05) is 48.8 Å². The number of rotatable bonds is 7. The van der Waals surface area contributed by atoms with E-state index in [-0.39, 0.29) is 11.8 Å². The number of hydrogen-bond donors (Lipinski definition) is 0. The molecule has 0 atom stereocenters. The minimum absolute atomic E-state index is 0.202. The Hall–Kier alpha value is -3.02. The van der Waals surface area contributed by atoms with E-state index in [0.717, 1.165) is 11.1 Å². The maximum absolute atomic E-state index is 13.5. The smallest absolute Gasteiger partial charge is 0.253 e. The van der Waals surface area contributed by atoms with Crippen LogP contribution in [0.4, 0.5) is 4.39 Å². The van der Waals surface area contributed by atoms with Gasteiger partial charge in [-0.05, 0) is 37.1 Å². The lowest BCUT2D eigenvalue weighted by Gasteiger charge is -2.24. The molecule has 3 rings (SSSR count). The molecule has 0 spiro atoms. The third kappa shape index (κ3) is 5.03. The van der Waals surface area contributed by atoms with Gasteiger partial charge >= 0.3 is 0 Å². The molecule has 5 nitrogen and oxygen atoms in total. The predicted molar refractivity (Wildman–Crippen MR) is 105 cm³/mol. The first-order chi connectivity index (χ1) is 13.4. The minimum Gasteiger partial charge on any atom is -0.339 e. The molecule has 3 aromatic rings. The normalized spacial score (nSPS) is 11.0. The van der Waals surface area contributed by atoms with E-state index in [4.69, 9.17) is 4.52 Å². The molecule has 0 bridgehead atoms. The standard InChI is InChI=1S/C22H24FN3O2/c1-15(2)14-26(22(27)18-8-5-9-19(23)13-18)11-10-20-24-21(25-28-20)17-7-4-6-16(3)12-17/h4-9,12-13,15H,10-11,14H2,1-3H3. The van der Waals surface area contributed by atoms with E-state index in [1.165, 1.54) is 12.1 Å². The first-order valence-electron chi connectivity index (χ1n) is 9.37. The van der Waals surface area contributed by atoms with Crippen LogP contribution in [-0.4, -0.2) is 34.0 Å². The van der Waals surface area contributed by atoms with E-state index < -0.39 is 5.82 Å². The number of amides is 1. The second kappa shape index (κ2) is 8.78. The summed E-state index contributed by atoms with van der Waals surface area (Å²) in [5.74, 6) is 0.660. The Labute approximate surface area is 164 Å². The van der Waals surface area contributed by atoms with Crippen LogP contribution < -0.4 is 0 Å². The monoisotopic (exact) mass is 381 g/mol. The van der Waals surface area contributed by atoms with Gasteiger partial charge in [-0.15, -0.1) is 0 Å². The predicted octanol–water partition coefficient (Wildman–Crippen LogP) is 4.53. The van der Waals surface area contributed by atoms with Gasteiger partial charge < -0.3 is 9.42 Å². The number of carbonyl (C=O) groups is 1. The molecule has 0 saturated heterocycles. The molecule has 0 fully saturated rings. The second-order valence-electron chi connectivity index (χ2n) is 7.29. The zero-order valence-electron chi connectivity index (χ0n) is 16.4. The summed E-state index contributed by atoms with van der Waals surface area (Å²) in [4.78, 5) is 19.0. The van der Waals surface area contributed by atoms with E-state index in [9.17, 15) is 9.18 Å². The van der Waals surface area contributed by atoms with Gasteiger partial charge in [-0.25, -0.2) is 4.39 Å². The van der Waals surface area contributed by atoms with Gasteiger partial charge in [0.1, 0.15) is 5.82 Å². The fraction of sp³-hybridized carbons (Fsp3) is 0.318. The summed E-state index contributed by atoms with van der Waals surface area (Å²) in [7, 11) is 0. The molecular formula is C22H24FN3O2. The molecular weight excluding hydrogens is 357 g/mol. The number of carbonyl (C=O) groups excluding carboxylic acids is 1. The Bertz CT molecular complexity index is 952. The summed E-state index contributed by atoms with van der Waals surface area (Å²) in [6.45, 7) is 7.06. The topological polar surface area (TPSA) is 59.2 Å². The molecule has 1 aromatic heterocycles. The summed E-state index contributed by atoms with van der Waals surface area (Å²) in [6, 6.07) is 13.6. The van der Waals surface area contributed by atoms with Gasteiger partial charge in [-0.3, -0.25) is 4.79 Å². The van der Waals surface area contributed by atoms with Gasteiger partial charge in [0.25, 0.3) is 5.91 Å². The fourth-order valence-corrected chi connectivity index (χ4v) is 3.01. The van der Waals surface area contributed by atoms with E-state index in [1.54, 1.807) is 17.0 Å². The lowest BCUT2D eigenvalue weighted by atomic mass is 10.1. The van der Waals surface area contributed by atoms with E-state index >= 15 is 0 Å². The summed E-state index contributed by atoms with van der Waals surface area (Å²) in [6.07, 6.45) is 0.437. The van der Waals surface area contributed by atoms with Crippen LogP contribution in [0.5, 0.6) is 0 Å². The van der Waals surface area contributed by atoms with Gasteiger partial charge in [-0.2, -0.15) is 4.98 Å². The van der Waals surface area contributed by atoms with Crippen molar-refractivity contribution in [3.8, 4) is 11.4 Å². The largest absolute Gasteiger partial charge is 0.339 e. The maximum atomic E-state index is 13.5. The average Bonchev–Trinajstić information content (AvgIpc) is 3.13. The van der Waals surface area contributed by atoms with Crippen molar-refractivity contribution in [2.45, 2.75) is 27.2 Å². The van der Waals surface area contributed by atoms with Crippen LogP contribution in [0, 0.1) is 18.7 Å². The number of benzene rings is 2. The third-order valence-electron chi connectivity index (χ3n) is 4.28. The van der Waals surface area contributed by atoms with Gasteiger partial charge in [0.2, 0.25) is 11.7 Å². The quantitative estimate of drug-likeness (QED) is 0.603. The molecule has 0 radical (unpaired) electrons. The number of aromatic nitrogens is 2. The van der Waals surface area contributed by atoms with Crippen molar-refractivity contribution in [3.63, 3.8) is 0 Å². The van der Waals surface area contributed by atoms with Crippen molar-refractivity contribution >= 4 is 5.91 Å². The summed E-state index contributed by atoms with van der Waals surface area (Å²) in [5.41, 5.74) is 2.35. The van der Waals surface area contributed by atoms with Crippen LogP contribution in [0.1, 0.15) is 35.7 Å². The molecule has 0 aliphatic carbocycles. The van der Waals surface area contributed by atoms with Crippen LogP contribution in [-0.2, 0) is 6.42 Å². The van der Waals surface area contributed by atoms with Gasteiger partial charge in [0.15, 0.2) is 0 Å². The van der Waals surface area contributed by atoms with Crippen molar-refractivity contribution in [2.24, 2.45) is 5.92 Å². The molecule has 6 heteroatoms. The minimum atomic E-state index is -0.421. The number of hydrogen-bond acceptors (Lipinski definition) is 4. The average molecular weight is 381 g/mol. The SMILES string of the molecule is Cc1cccc(-c2noc(CCN(CC(C)C)C(=O)c3cccc(F)c3)n2)c1. The van der Waals surface area contributed by atoms with Crippen LogP contribution in [0.2, 0.25) is 0 Å². The maximum Gasteiger partial charge on any atom is 0.253 e. The Morgan fingerprint density at radius 3 is 2.68 bits per heavy atom. The highest BCUT2D eigenvalue weighted by Crippen LogP contribution is 2.17. The van der Waals surface area contributed by atoms with E-state index in [2.05, 4.69) is 10.1 Å². The van der Waals surface area contributed by atoms with Crippen molar-refractivity contribution in [2.75, 3.05) is 13.1 Å². The van der Waals surface area contributed by atoms with Crippen LogP contribution >= 0.6 is 0 Å². The molecule has 0 unspecified atom stereocenters. The fourth-order valence-electron chi connectivity index (χ4n) is 3.01. The van der Waals surface area contributed by atoms with Crippen molar-refractivity contribution in [1.29, 1.82) is 0 Å². The molecule has 1 heterocycles. The lowest BCUT2D eigenvalue weighted by molar-refractivity contribution is 0.0734. The molecule has 0 saturated carbocycles. The van der Waals surface area contributed by atoms with Crippen molar-refractivity contribution in [1.82, 2.24) is 15.0 Å². The van der Waals surface area contributed by atoms with E-state index in [1.807, 2.05) is 45.0 Å². The number of nitrogens with zero attached hydrogens (tertiary/aromatic N) is 3. The third-order valence-corrected chi connectivity index (χ3v) is 4.28.